The van der Waals surface area contributed by atoms with E-state index in [1.54, 1.807) is 32.0 Å². The zero-order valence-electron chi connectivity index (χ0n) is 14.7. The molecule has 0 unspecified atom stereocenters. The molecule has 7 heteroatoms. The zero-order chi connectivity index (χ0) is 19.8. The molecule has 2 aromatic carbocycles. The Kier molecular flexibility index (Phi) is 5.17. The topological polar surface area (TPSA) is 71.4 Å². The van der Waals surface area contributed by atoms with Crippen LogP contribution in [0.4, 0.5) is 4.39 Å². The summed E-state index contributed by atoms with van der Waals surface area (Å²) >= 11 is 0.983. The standard InChI is InChI=1S/C20H17FO4S2/c1-12-3-4-13(2)18(9-12)27(24,25)11-15-10-17(26-19(15)20(22)23)14-5-7-16(21)8-6-14/h3-10H,11H2,1-2H3,(H,22,23). The molecular weight excluding hydrogens is 387 g/mol. The minimum atomic E-state index is -3.71. The molecule has 0 aliphatic heterocycles. The first-order valence-electron chi connectivity index (χ1n) is 8.09. The van der Waals surface area contributed by atoms with E-state index < -0.39 is 27.4 Å². The van der Waals surface area contributed by atoms with E-state index in [2.05, 4.69) is 0 Å². The normalized spacial score (nSPS) is 11.5. The van der Waals surface area contributed by atoms with Crippen molar-refractivity contribution in [3.8, 4) is 10.4 Å². The summed E-state index contributed by atoms with van der Waals surface area (Å²) in [5.74, 6) is -1.98. The molecule has 0 bridgehead atoms. The van der Waals surface area contributed by atoms with E-state index in [0.717, 1.165) is 16.9 Å². The molecule has 140 valence electrons. The fourth-order valence-electron chi connectivity index (χ4n) is 2.80. The summed E-state index contributed by atoms with van der Waals surface area (Å²) in [5, 5.41) is 9.49. The van der Waals surface area contributed by atoms with Gasteiger partial charge in [0.05, 0.1) is 10.6 Å². The minimum Gasteiger partial charge on any atom is -0.477 e. The maximum Gasteiger partial charge on any atom is 0.346 e. The van der Waals surface area contributed by atoms with Gasteiger partial charge in [0.25, 0.3) is 0 Å². The van der Waals surface area contributed by atoms with Crippen LogP contribution in [0, 0.1) is 19.7 Å². The molecule has 0 atom stereocenters. The minimum absolute atomic E-state index is 0.0248. The molecule has 1 heterocycles. The quantitative estimate of drug-likeness (QED) is 0.660. The summed E-state index contributed by atoms with van der Waals surface area (Å²) in [6.07, 6.45) is 0. The second-order valence-corrected chi connectivity index (χ2v) is 9.32. The summed E-state index contributed by atoms with van der Waals surface area (Å²) in [5.41, 5.74) is 2.30. The van der Waals surface area contributed by atoms with Crippen LogP contribution in [-0.4, -0.2) is 19.5 Å². The zero-order valence-corrected chi connectivity index (χ0v) is 16.3. The first-order valence-corrected chi connectivity index (χ1v) is 10.6. The van der Waals surface area contributed by atoms with Gasteiger partial charge in [-0.1, -0.05) is 24.3 Å². The highest BCUT2D eigenvalue weighted by atomic mass is 32.2. The van der Waals surface area contributed by atoms with Gasteiger partial charge in [0.15, 0.2) is 9.84 Å². The summed E-state index contributed by atoms with van der Waals surface area (Å²) < 4.78 is 38.9. The number of rotatable bonds is 5. The largest absolute Gasteiger partial charge is 0.477 e. The van der Waals surface area contributed by atoms with Crippen molar-refractivity contribution in [2.45, 2.75) is 24.5 Å². The van der Waals surface area contributed by atoms with Crippen molar-refractivity contribution in [3.05, 3.63) is 75.9 Å². The second-order valence-electron chi connectivity index (χ2n) is 6.31. The van der Waals surface area contributed by atoms with Crippen LogP contribution in [0.3, 0.4) is 0 Å². The summed E-state index contributed by atoms with van der Waals surface area (Å²) in [6, 6.07) is 12.4. The number of benzene rings is 2. The van der Waals surface area contributed by atoms with E-state index in [9.17, 15) is 22.7 Å². The molecule has 1 N–H and O–H groups in total. The van der Waals surface area contributed by atoms with Crippen molar-refractivity contribution in [2.75, 3.05) is 0 Å². The molecule has 3 aromatic rings. The van der Waals surface area contributed by atoms with Crippen LogP contribution in [0.5, 0.6) is 0 Å². The van der Waals surface area contributed by atoms with Gasteiger partial charge in [-0.05, 0) is 60.4 Å². The predicted octanol–water partition coefficient (Wildman–Crippen LogP) is 4.84. The average Bonchev–Trinajstić information content (AvgIpc) is 3.01. The summed E-state index contributed by atoms with van der Waals surface area (Å²) in [7, 11) is -3.71. The number of hydrogen-bond donors (Lipinski definition) is 1. The van der Waals surface area contributed by atoms with Crippen LogP contribution in [0.25, 0.3) is 10.4 Å². The van der Waals surface area contributed by atoms with E-state index in [0.29, 0.717) is 16.0 Å². The van der Waals surface area contributed by atoms with Crippen LogP contribution >= 0.6 is 11.3 Å². The Labute approximate surface area is 160 Å². The third-order valence-corrected chi connectivity index (χ3v) is 7.17. The Hall–Kier alpha value is -2.51. The van der Waals surface area contributed by atoms with Crippen molar-refractivity contribution in [3.63, 3.8) is 0 Å². The molecule has 0 spiro atoms. The van der Waals surface area contributed by atoms with Gasteiger partial charge in [-0.15, -0.1) is 11.3 Å². The molecule has 0 aliphatic rings. The number of carboxylic acid groups (broad SMARTS) is 1. The fraction of sp³-hybridized carbons (Fsp3) is 0.150. The van der Waals surface area contributed by atoms with Gasteiger partial charge in [0.1, 0.15) is 10.7 Å². The maximum absolute atomic E-state index is 13.1. The lowest BCUT2D eigenvalue weighted by atomic mass is 10.1. The highest BCUT2D eigenvalue weighted by Crippen LogP contribution is 2.34. The Morgan fingerprint density at radius 1 is 1.07 bits per heavy atom. The molecule has 0 amide bonds. The highest BCUT2D eigenvalue weighted by Gasteiger charge is 2.24. The monoisotopic (exact) mass is 404 g/mol. The summed E-state index contributed by atoms with van der Waals surface area (Å²) in [4.78, 5) is 12.4. The smallest absolute Gasteiger partial charge is 0.346 e. The van der Waals surface area contributed by atoms with E-state index >= 15 is 0 Å². The van der Waals surface area contributed by atoms with Crippen molar-refractivity contribution >= 4 is 27.1 Å². The number of hydrogen-bond acceptors (Lipinski definition) is 4. The molecule has 3 rings (SSSR count). The number of aryl methyl sites for hydroxylation is 2. The molecule has 27 heavy (non-hydrogen) atoms. The molecular formula is C20H17FO4S2. The second kappa shape index (κ2) is 7.25. The van der Waals surface area contributed by atoms with Crippen LogP contribution in [0.1, 0.15) is 26.4 Å². The number of aromatic carboxylic acids is 1. The van der Waals surface area contributed by atoms with Crippen molar-refractivity contribution in [1.29, 1.82) is 0 Å². The van der Waals surface area contributed by atoms with E-state index in [1.165, 1.54) is 24.3 Å². The Bertz CT molecular complexity index is 1110. The van der Waals surface area contributed by atoms with Gasteiger partial charge in [0.2, 0.25) is 0 Å². The number of carbonyl (C=O) groups is 1. The highest BCUT2D eigenvalue weighted by molar-refractivity contribution is 7.90. The van der Waals surface area contributed by atoms with Crippen molar-refractivity contribution < 1.29 is 22.7 Å². The van der Waals surface area contributed by atoms with Gasteiger partial charge in [0, 0.05) is 4.88 Å². The Morgan fingerprint density at radius 3 is 2.37 bits per heavy atom. The fourth-order valence-corrected chi connectivity index (χ4v) is 5.63. The van der Waals surface area contributed by atoms with E-state index in [1.807, 2.05) is 6.07 Å². The van der Waals surface area contributed by atoms with Gasteiger partial charge in [-0.2, -0.15) is 0 Å². The number of halogens is 1. The van der Waals surface area contributed by atoms with Crippen LogP contribution in [0.2, 0.25) is 0 Å². The van der Waals surface area contributed by atoms with Crippen LogP contribution in [0.15, 0.2) is 53.4 Å². The molecule has 4 nitrogen and oxygen atoms in total. The molecule has 0 fully saturated rings. The van der Waals surface area contributed by atoms with Crippen LogP contribution < -0.4 is 0 Å². The Morgan fingerprint density at radius 2 is 1.74 bits per heavy atom. The molecule has 1 aromatic heterocycles. The van der Waals surface area contributed by atoms with E-state index in [4.69, 9.17) is 0 Å². The first-order chi connectivity index (χ1) is 12.7. The lowest BCUT2D eigenvalue weighted by Gasteiger charge is -2.08. The van der Waals surface area contributed by atoms with Crippen molar-refractivity contribution in [2.24, 2.45) is 0 Å². The van der Waals surface area contributed by atoms with E-state index in [-0.39, 0.29) is 15.3 Å². The van der Waals surface area contributed by atoms with Gasteiger partial charge < -0.3 is 5.11 Å². The first kappa shape index (κ1) is 19.3. The SMILES string of the molecule is Cc1ccc(C)c(S(=O)(=O)Cc2cc(-c3ccc(F)cc3)sc2C(=O)O)c1. The Balaban J connectivity index is 2.04. The lowest BCUT2D eigenvalue weighted by molar-refractivity contribution is 0.0701. The molecule has 0 radical (unpaired) electrons. The number of thiophene rings is 1. The number of carboxylic acids is 1. The van der Waals surface area contributed by atoms with Crippen LogP contribution in [-0.2, 0) is 15.6 Å². The summed E-state index contributed by atoms with van der Waals surface area (Å²) in [6.45, 7) is 3.51. The third kappa shape index (κ3) is 4.09. The molecule has 0 aliphatic carbocycles. The predicted molar refractivity (Wildman–Crippen MR) is 103 cm³/mol. The maximum atomic E-state index is 13.1. The lowest BCUT2D eigenvalue weighted by Crippen LogP contribution is -2.09. The molecule has 0 saturated carbocycles. The average molecular weight is 404 g/mol. The number of sulfone groups is 1. The van der Waals surface area contributed by atoms with Gasteiger partial charge in [-0.3, -0.25) is 0 Å². The molecule has 0 saturated heterocycles. The van der Waals surface area contributed by atoms with Gasteiger partial charge in [-0.25, -0.2) is 17.6 Å². The van der Waals surface area contributed by atoms with Crippen molar-refractivity contribution in [1.82, 2.24) is 0 Å². The van der Waals surface area contributed by atoms with Gasteiger partial charge >= 0.3 is 5.97 Å². The third-order valence-electron chi connectivity index (χ3n) is 4.16.